The van der Waals surface area contributed by atoms with Crippen molar-refractivity contribution >= 4 is 25.2 Å². The number of aliphatic hydroxyl groups is 1. The molecule has 0 aliphatic carbocycles. The van der Waals surface area contributed by atoms with Crippen LogP contribution in [0, 0.1) is 0 Å². The molecule has 0 spiro atoms. The van der Waals surface area contributed by atoms with Gasteiger partial charge in [0.15, 0.2) is 5.60 Å². The summed E-state index contributed by atoms with van der Waals surface area (Å²) in [5.41, 5.74) is -2.74. The molecule has 6 N–H and O–H groups in total. The van der Waals surface area contributed by atoms with E-state index < -0.39 is 43.7 Å². The van der Waals surface area contributed by atoms with Crippen LogP contribution in [0.15, 0.2) is 0 Å². The van der Waals surface area contributed by atoms with Gasteiger partial charge in [-0.2, -0.15) is 0 Å². The van der Waals surface area contributed by atoms with E-state index in [4.69, 9.17) is 35.5 Å². The minimum Gasteiger partial charge on any atom is -0.832 e. The number of carboxylic acids is 3. The Balaban J connectivity index is -0.000000392. The molecule has 12 heteroatoms. The Bertz CT molecular complexity index is 273. The maximum atomic E-state index is 10.3. The molecule has 0 aliphatic rings. The Labute approximate surface area is 143 Å². The maximum absolute atomic E-state index is 10.3. The first-order valence-corrected chi connectivity index (χ1v) is 3.92. The molecular formula is C6H10BKO10. The van der Waals surface area contributed by atoms with Gasteiger partial charge >= 0.3 is 76.6 Å². The van der Waals surface area contributed by atoms with Gasteiger partial charge in [0.25, 0.3) is 0 Å². The monoisotopic (exact) mass is 292 g/mol. The molecule has 0 aromatic carbocycles. The molecule has 0 saturated carbocycles. The van der Waals surface area contributed by atoms with E-state index in [1.54, 1.807) is 0 Å². The van der Waals surface area contributed by atoms with E-state index in [1.165, 1.54) is 0 Å². The molecule has 0 rings (SSSR count). The molecule has 98 valence electrons. The topological polar surface area (TPSA) is 196 Å². The Morgan fingerprint density at radius 1 is 1.00 bits per heavy atom. The van der Waals surface area contributed by atoms with Crippen LogP contribution < -0.4 is 56.4 Å². The van der Waals surface area contributed by atoms with Gasteiger partial charge in [-0.15, -0.1) is 0 Å². The van der Waals surface area contributed by atoms with Gasteiger partial charge in [-0.1, -0.05) is 0 Å². The predicted octanol–water partition coefficient (Wildman–Crippen LogP) is -6.93. The first-order chi connectivity index (χ1) is 7.51. The van der Waals surface area contributed by atoms with E-state index >= 15 is 0 Å². The van der Waals surface area contributed by atoms with Crippen molar-refractivity contribution in [2.24, 2.45) is 0 Å². The van der Waals surface area contributed by atoms with E-state index in [1.807, 2.05) is 0 Å². The van der Waals surface area contributed by atoms with Crippen molar-refractivity contribution in [2.45, 2.75) is 18.4 Å². The number of hydrogen-bond donors (Lipinski definition) is 6. The minimum absolute atomic E-state index is 0. The van der Waals surface area contributed by atoms with E-state index in [0.29, 0.717) is 0 Å². The van der Waals surface area contributed by atoms with Crippen LogP contribution >= 0.6 is 0 Å². The fourth-order valence-corrected chi connectivity index (χ4v) is 0.714. The van der Waals surface area contributed by atoms with Crippen LogP contribution in [0.5, 0.6) is 0 Å². The second-order valence-corrected chi connectivity index (χ2v) is 2.80. The van der Waals surface area contributed by atoms with Gasteiger partial charge in [0, 0.05) is 0 Å². The maximum Gasteiger partial charge on any atom is 1.00 e. The van der Waals surface area contributed by atoms with Crippen molar-refractivity contribution in [3.8, 4) is 0 Å². The molecule has 0 heterocycles. The summed E-state index contributed by atoms with van der Waals surface area (Å²) in [5, 5.41) is 56.6. The fourth-order valence-electron chi connectivity index (χ4n) is 0.714. The zero-order valence-corrected chi connectivity index (χ0v) is 12.4. The SMILES string of the molecule is O=C(O)CC(O)(CC(=O)O)C(=O)O.[K+].[O-]B(O)O. The fraction of sp³-hybridized carbons (Fsp3) is 0.500. The molecule has 10 nitrogen and oxygen atoms in total. The zero-order valence-electron chi connectivity index (χ0n) is 9.31. The molecule has 0 amide bonds. The largest absolute Gasteiger partial charge is 1.00 e. The third-order valence-corrected chi connectivity index (χ3v) is 1.29. The van der Waals surface area contributed by atoms with Crippen molar-refractivity contribution in [1.82, 2.24) is 0 Å². The summed E-state index contributed by atoms with van der Waals surface area (Å²) in [6, 6.07) is 0. The van der Waals surface area contributed by atoms with Crippen molar-refractivity contribution in [1.29, 1.82) is 0 Å². The van der Waals surface area contributed by atoms with Crippen molar-refractivity contribution in [3.05, 3.63) is 0 Å². The Morgan fingerprint density at radius 2 is 1.22 bits per heavy atom. The van der Waals surface area contributed by atoms with Crippen molar-refractivity contribution in [2.75, 3.05) is 0 Å². The summed E-state index contributed by atoms with van der Waals surface area (Å²) in [4.78, 5) is 30.5. The van der Waals surface area contributed by atoms with Crippen molar-refractivity contribution < 1.29 is 101 Å². The summed E-state index contributed by atoms with van der Waals surface area (Å²) in [5.74, 6) is -5.02. The molecule has 18 heavy (non-hydrogen) atoms. The van der Waals surface area contributed by atoms with Crippen LogP contribution in [0.2, 0.25) is 0 Å². The van der Waals surface area contributed by atoms with E-state index in [-0.39, 0.29) is 51.4 Å². The molecule has 0 unspecified atom stereocenters. The van der Waals surface area contributed by atoms with Gasteiger partial charge in [-0.25, -0.2) is 4.79 Å². The van der Waals surface area contributed by atoms with Crippen LogP contribution in [0.1, 0.15) is 12.8 Å². The Hall–Kier alpha value is -0.0487. The average molecular weight is 292 g/mol. The minimum atomic E-state index is -2.74. The Kier molecular flexibility index (Phi) is 13.9. The molecular weight excluding hydrogens is 282 g/mol. The smallest absolute Gasteiger partial charge is 0.832 e. The summed E-state index contributed by atoms with van der Waals surface area (Å²) < 4.78 is 0. The molecule has 0 aromatic heterocycles. The average Bonchev–Trinajstić information content (AvgIpc) is 1.98. The third-order valence-electron chi connectivity index (χ3n) is 1.29. The normalized spacial score (nSPS) is 9.33. The number of rotatable bonds is 5. The van der Waals surface area contributed by atoms with Crippen LogP contribution in [0.25, 0.3) is 0 Å². The van der Waals surface area contributed by atoms with E-state index in [0.717, 1.165) is 0 Å². The van der Waals surface area contributed by atoms with Gasteiger partial charge in [-0.05, 0) is 0 Å². The quantitative estimate of drug-likeness (QED) is 0.265. The number of carboxylic acid groups (broad SMARTS) is 3. The van der Waals surface area contributed by atoms with Crippen LogP contribution in [-0.4, -0.2) is 61.3 Å². The zero-order chi connectivity index (χ0) is 14.2. The second-order valence-electron chi connectivity index (χ2n) is 2.80. The molecule has 0 aliphatic heterocycles. The third kappa shape index (κ3) is 14.0. The van der Waals surface area contributed by atoms with E-state index in [2.05, 4.69) is 0 Å². The van der Waals surface area contributed by atoms with Crippen LogP contribution in [0.4, 0.5) is 0 Å². The number of aliphatic carboxylic acids is 3. The predicted molar refractivity (Wildman–Crippen MR) is 47.3 cm³/mol. The Morgan fingerprint density at radius 3 is 1.33 bits per heavy atom. The standard InChI is InChI=1S/C6H8O7.BH2O3.K/c7-3(8)1-6(13,5(11)12)2-4(9)10;2-1(3)4;/h13H,1-2H2,(H,7,8)(H,9,10)(H,11,12);2-3H;/q;-1;+1. The van der Waals surface area contributed by atoms with Gasteiger partial charge in [-0.3, -0.25) is 9.59 Å². The van der Waals surface area contributed by atoms with Crippen LogP contribution in [-0.2, 0) is 14.4 Å². The van der Waals surface area contributed by atoms with Gasteiger partial charge in [0.1, 0.15) is 0 Å². The number of hydrogen-bond acceptors (Lipinski definition) is 7. The molecule has 0 atom stereocenters. The van der Waals surface area contributed by atoms with Gasteiger partial charge < -0.3 is 35.5 Å². The summed E-state index contributed by atoms with van der Waals surface area (Å²) in [6.07, 6.45) is -2.29. The first-order valence-electron chi connectivity index (χ1n) is 3.92. The summed E-state index contributed by atoms with van der Waals surface area (Å²) in [7, 11) is -2.42. The van der Waals surface area contributed by atoms with Gasteiger partial charge in [0.2, 0.25) is 0 Å². The molecule has 0 fully saturated rings. The summed E-state index contributed by atoms with van der Waals surface area (Å²) >= 11 is 0. The van der Waals surface area contributed by atoms with Crippen molar-refractivity contribution in [3.63, 3.8) is 0 Å². The van der Waals surface area contributed by atoms with Gasteiger partial charge in [0.05, 0.1) is 12.8 Å². The molecule has 0 bridgehead atoms. The summed E-state index contributed by atoms with van der Waals surface area (Å²) in [6.45, 7) is 0. The molecule has 0 aromatic rings. The van der Waals surface area contributed by atoms with E-state index in [9.17, 15) is 14.4 Å². The first kappa shape index (κ1) is 23.1. The number of carbonyl (C=O) groups is 3. The molecule has 0 saturated heterocycles. The molecule has 0 radical (unpaired) electrons. The second kappa shape index (κ2) is 10.8. The van der Waals surface area contributed by atoms with Crippen LogP contribution in [0.3, 0.4) is 0 Å².